The quantitative estimate of drug-likeness (QED) is 0.402. The van der Waals surface area contributed by atoms with E-state index in [-0.39, 0.29) is 10.8 Å². The molecule has 28 heavy (non-hydrogen) atoms. The van der Waals surface area contributed by atoms with E-state index in [2.05, 4.69) is 96.1 Å². The van der Waals surface area contributed by atoms with Gasteiger partial charge in [0, 0.05) is 6.54 Å². The molecule has 1 heteroatoms. The predicted molar refractivity (Wildman–Crippen MR) is 122 cm³/mol. The highest BCUT2D eigenvalue weighted by molar-refractivity contribution is 6.09. The van der Waals surface area contributed by atoms with E-state index in [1.54, 1.807) is 0 Å². The van der Waals surface area contributed by atoms with Gasteiger partial charge in [-0.3, -0.25) is 0 Å². The third kappa shape index (κ3) is 2.81. The predicted octanol–water partition coefficient (Wildman–Crippen LogP) is 7.05. The summed E-state index contributed by atoms with van der Waals surface area (Å²) >= 11 is 0. The van der Waals surface area contributed by atoms with Gasteiger partial charge in [-0.1, -0.05) is 96.1 Å². The van der Waals surface area contributed by atoms with E-state index in [1.165, 1.54) is 50.1 Å². The Labute approximate surface area is 169 Å². The minimum atomic E-state index is 0.0433. The summed E-state index contributed by atoms with van der Waals surface area (Å²) < 4.78 is 0. The van der Waals surface area contributed by atoms with E-state index < -0.39 is 0 Å². The Kier molecular flexibility index (Phi) is 4.28. The van der Waals surface area contributed by atoms with Gasteiger partial charge in [-0.25, -0.2) is 0 Å². The van der Waals surface area contributed by atoms with Crippen LogP contribution in [-0.2, 0) is 17.4 Å². The summed E-state index contributed by atoms with van der Waals surface area (Å²) in [7, 11) is 0. The van der Waals surface area contributed by atoms with Crippen molar-refractivity contribution in [2.24, 2.45) is 5.73 Å². The average Bonchev–Trinajstić information content (AvgIpc) is 2.62. The second kappa shape index (κ2) is 6.32. The van der Waals surface area contributed by atoms with Crippen molar-refractivity contribution >= 4 is 0 Å². The number of fused-ring (bicyclic) bond motifs is 4. The zero-order valence-electron chi connectivity index (χ0n) is 18.0. The molecule has 0 unspecified atom stereocenters. The van der Waals surface area contributed by atoms with Crippen molar-refractivity contribution in [3.8, 4) is 33.4 Å². The third-order valence-electron chi connectivity index (χ3n) is 5.95. The van der Waals surface area contributed by atoms with Crippen molar-refractivity contribution in [1.82, 2.24) is 0 Å². The number of hydrogen-bond donors (Lipinski definition) is 1. The minimum absolute atomic E-state index is 0.0433. The molecule has 0 saturated carbocycles. The highest BCUT2D eigenvalue weighted by atomic mass is 14.5. The molecule has 0 amide bonds. The Bertz CT molecular complexity index is 1060. The van der Waals surface area contributed by atoms with Crippen LogP contribution in [-0.4, -0.2) is 0 Å². The van der Waals surface area contributed by atoms with Gasteiger partial charge in [-0.15, -0.1) is 0 Å². The lowest BCUT2D eigenvalue weighted by atomic mass is 9.70. The smallest absolute Gasteiger partial charge is 0.0187 e. The molecule has 0 aromatic heterocycles. The van der Waals surface area contributed by atoms with E-state index >= 15 is 0 Å². The maximum absolute atomic E-state index is 6.40. The first-order chi connectivity index (χ1) is 13.1. The standard InChI is InChI=1S/C27H31N/c1-26(2,3)22-14-15-23(27(4,5)6)25(21(22)16-28)20-13-9-12-19-17-10-7-8-11-18(17)24(19)20/h7-15H,16,28H2,1-6H3. The molecule has 0 bridgehead atoms. The van der Waals surface area contributed by atoms with Gasteiger partial charge in [-0.2, -0.15) is 0 Å². The van der Waals surface area contributed by atoms with Gasteiger partial charge in [0.15, 0.2) is 0 Å². The average molecular weight is 370 g/mol. The van der Waals surface area contributed by atoms with Crippen LogP contribution in [0, 0.1) is 0 Å². The van der Waals surface area contributed by atoms with Gasteiger partial charge in [0.2, 0.25) is 0 Å². The van der Waals surface area contributed by atoms with Gasteiger partial charge >= 0.3 is 0 Å². The molecule has 0 spiro atoms. The van der Waals surface area contributed by atoms with Crippen LogP contribution in [0.5, 0.6) is 0 Å². The van der Waals surface area contributed by atoms with E-state index in [0.29, 0.717) is 6.54 Å². The van der Waals surface area contributed by atoms with Crippen LogP contribution in [0.25, 0.3) is 33.4 Å². The van der Waals surface area contributed by atoms with Crippen molar-refractivity contribution in [3.05, 3.63) is 71.3 Å². The lowest BCUT2D eigenvalue weighted by Gasteiger charge is -2.33. The minimum Gasteiger partial charge on any atom is -0.326 e. The van der Waals surface area contributed by atoms with Crippen LogP contribution in [0.1, 0.15) is 58.2 Å². The number of benzene rings is 3. The van der Waals surface area contributed by atoms with Crippen molar-refractivity contribution in [1.29, 1.82) is 0 Å². The van der Waals surface area contributed by atoms with Crippen molar-refractivity contribution in [3.63, 3.8) is 0 Å². The number of hydrogen-bond acceptors (Lipinski definition) is 1. The maximum Gasteiger partial charge on any atom is 0.0187 e. The van der Waals surface area contributed by atoms with Crippen LogP contribution < -0.4 is 5.73 Å². The van der Waals surface area contributed by atoms with E-state index in [4.69, 9.17) is 5.73 Å². The summed E-state index contributed by atoms with van der Waals surface area (Å²) in [6.07, 6.45) is 0. The van der Waals surface area contributed by atoms with Crippen molar-refractivity contribution in [2.75, 3.05) is 0 Å². The third-order valence-corrected chi connectivity index (χ3v) is 5.95. The normalized spacial score (nSPS) is 13.0. The first kappa shape index (κ1) is 19.0. The summed E-state index contributed by atoms with van der Waals surface area (Å²) in [5.41, 5.74) is 18.6. The molecular weight excluding hydrogens is 338 g/mol. The van der Waals surface area contributed by atoms with Crippen LogP contribution in [0.15, 0.2) is 54.6 Å². The molecule has 0 aliphatic heterocycles. The van der Waals surface area contributed by atoms with E-state index in [9.17, 15) is 0 Å². The fraction of sp³-hybridized carbons (Fsp3) is 0.333. The van der Waals surface area contributed by atoms with E-state index in [0.717, 1.165) is 0 Å². The Morgan fingerprint density at radius 3 is 1.71 bits per heavy atom. The lowest BCUT2D eigenvalue weighted by molar-refractivity contribution is 0.571. The van der Waals surface area contributed by atoms with Crippen LogP contribution in [0.2, 0.25) is 0 Å². The van der Waals surface area contributed by atoms with Gasteiger partial charge in [0.25, 0.3) is 0 Å². The molecule has 3 aromatic rings. The Balaban J connectivity index is 2.08. The summed E-state index contributed by atoms with van der Waals surface area (Å²) in [6.45, 7) is 14.3. The molecule has 0 fully saturated rings. The molecule has 0 radical (unpaired) electrons. The molecule has 0 atom stereocenters. The largest absolute Gasteiger partial charge is 0.326 e. The highest BCUT2D eigenvalue weighted by Gasteiger charge is 2.31. The van der Waals surface area contributed by atoms with Crippen LogP contribution >= 0.6 is 0 Å². The van der Waals surface area contributed by atoms with Crippen molar-refractivity contribution in [2.45, 2.75) is 58.9 Å². The first-order valence-electron chi connectivity index (χ1n) is 10.2. The fourth-order valence-corrected chi connectivity index (χ4v) is 4.64. The maximum atomic E-state index is 6.40. The zero-order chi connectivity index (χ0) is 20.3. The molecule has 1 aliphatic rings. The second-order valence-electron chi connectivity index (χ2n) is 9.99. The molecule has 3 aromatic carbocycles. The monoisotopic (exact) mass is 369 g/mol. The molecule has 1 aliphatic carbocycles. The van der Waals surface area contributed by atoms with Gasteiger partial charge < -0.3 is 5.73 Å². The first-order valence-corrected chi connectivity index (χ1v) is 10.2. The highest BCUT2D eigenvalue weighted by Crippen LogP contribution is 2.53. The molecular formula is C27H31N. The Hall–Kier alpha value is -2.38. The molecule has 144 valence electrons. The van der Waals surface area contributed by atoms with Crippen LogP contribution in [0.4, 0.5) is 0 Å². The summed E-state index contributed by atoms with van der Waals surface area (Å²) in [4.78, 5) is 0. The van der Waals surface area contributed by atoms with Gasteiger partial charge in [-0.05, 0) is 60.9 Å². The Morgan fingerprint density at radius 2 is 1.11 bits per heavy atom. The summed E-state index contributed by atoms with van der Waals surface area (Å²) in [5.74, 6) is 0. The molecule has 0 heterocycles. The molecule has 4 rings (SSSR count). The fourth-order valence-electron chi connectivity index (χ4n) is 4.64. The molecule has 2 N–H and O–H groups in total. The van der Waals surface area contributed by atoms with Gasteiger partial charge in [0.1, 0.15) is 0 Å². The second-order valence-corrected chi connectivity index (χ2v) is 9.99. The Morgan fingerprint density at radius 1 is 0.571 bits per heavy atom. The van der Waals surface area contributed by atoms with Crippen molar-refractivity contribution < 1.29 is 0 Å². The van der Waals surface area contributed by atoms with Gasteiger partial charge in [0.05, 0.1) is 0 Å². The van der Waals surface area contributed by atoms with E-state index in [1.807, 2.05) is 0 Å². The number of rotatable bonds is 2. The van der Waals surface area contributed by atoms with Crippen LogP contribution in [0.3, 0.4) is 0 Å². The summed E-state index contributed by atoms with van der Waals surface area (Å²) in [5, 5.41) is 0. The summed E-state index contributed by atoms with van der Waals surface area (Å²) in [6, 6.07) is 20.1. The zero-order valence-corrected chi connectivity index (χ0v) is 18.0. The SMILES string of the molecule is CC(C)(C)c1ccc(C(C)(C)C)c(-c2cccc3c2-c2ccccc2-3)c1CN. The number of nitrogens with two attached hydrogens (primary N) is 1. The topological polar surface area (TPSA) is 26.0 Å². The lowest BCUT2D eigenvalue weighted by Crippen LogP contribution is -2.21. The molecule has 0 saturated heterocycles. The molecule has 1 nitrogen and oxygen atoms in total.